The third kappa shape index (κ3) is 3.75. The lowest BCUT2D eigenvalue weighted by atomic mass is 10.3. The van der Waals surface area contributed by atoms with Gasteiger partial charge in [-0.15, -0.1) is 11.3 Å². The molecule has 0 radical (unpaired) electrons. The average Bonchev–Trinajstić information content (AvgIpc) is 2.89. The van der Waals surface area contributed by atoms with Crippen LogP contribution in [0.25, 0.3) is 0 Å². The van der Waals surface area contributed by atoms with Crippen molar-refractivity contribution in [3.63, 3.8) is 0 Å². The molecule has 112 valence electrons. The predicted octanol–water partition coefficient (Wildman–Crippen LogP) is 3.41. The van der Waals surface area contributed by atoms with Gasteiger partial charge in [0.15, 0.2) is 16.8 Å². The van der Waals surface area contributed by atoms with Crippen LogP contribution in [0, 0.1) is 11.6 Å². The van der Waals surface area contributed by atoms with Gasteiger partial charge in [-0.05, 0) is 19.1 Å². The maximum atomic E-state index is 13.1. The molecule has 0 saturated carbocycles. The van der Waals surface area contributed by atoms with Crippen molar-refractivity contribution in [2.45, 2.75) is 20.4 Å². The topological polar surface area (TPSA) is 45.2 Å². The minimum absolute atomic E-state index is 0.0630. The Morgan fingerprint density at radius 2 is 2.14 bits per heavy atom. The molecule has 1 N–H and O–H groups in total. The zero-order chi connectivity index (χ0) is 15.4. The van der Waals surface area contributed by atoms with E-state index in [1.165, 1.54) is 24.3 Å². The monoisotopic (exact) mass is 311 g/mol. The Balaban J connectivity index is 2.02. The first-order chi connectivity index (χ1) is 10.0. The van der Waals surface area contributed by atoms with Crippen LogP contribution in [0.5, 0.6) is 0 Å². The molecule has 4 nitrogen and oxygen atoms in total. The summed E-state index contributed by atoms with van der Waals surface area (Å²) < 4.78 is 25.9. The Hall–Kier alpha value is -2.02. The van der Waals surface area contributed by atoms with Crippen LogP contribution in [-0.4, -0.2) is 17.4 Å². The van der Waals surface area contributed by atoms with Crippen molar-refractivity contribution < 1.29 is 13.6 Å². The van der Waals surface area contributed by atoms with Crippen molar-refractivity contribution in [1.82, 2.24) is 4.98 Å². The first-order valence-corrected chi connectivity index (χ1v) is 7.30. The van der Waals surface area contributed by atoms with E-state index in [-0.39, 0.29) is 5.91 Å². The number of thiazole rings is 1. The molecule has 0 saturated heterocycles. The van der Waals surface area contributed by atoms with Gasteiger partial charge in [0.05, 0.1) is 12.2 Å². The Bertz CT molecular complexity index is 645. The summed E-state index contributed by atoms with van der Waals surface area (Å²) in [6.45, 7) is 4.29. The second-order valence-corrected chi connectivity index (χ2v) is 5.20. The lowest BCUT2D eigenvalue weighted by Gasteiger charge is -2.14. The Morgan fingerprint density at radius 3 is 2.76 bits per heavy atom. The summed E-state index contributed by atoms with van der Waals surface area (Å²) in [7, 11) is 0. The molecule has 2 aromatic rings. The summed E-state index contributed by atoms with van der Waals surface area (Å²) in [6.07, 6.45) is 0. The molecule has 0 aliphatic carbocycles. The third-order valence-electron chi connectivity index (χ3n) is 2.86. The maximum Gasteiger partial charge on any atom is 0.225 e. The molecule has 7 heteroatoms. The normalized spacial score (nSPS) is 10.5. The summed E-state index contributed by atoms with van der Waals surface area (Å²) in [5.41, 5.74) is 1.21. The number of carbonyl (C=O) groups is 1. The van der Waals surface area contributed by atoms with Crippen molar-refractivity contribution in [3.05, 3.63) is 40.9 Å². The Labute approximate surface area is 125 Å². The van der Waals surface area contributed by atoms with Crippen LogP contribution in [0.1, 0.15) is 19.5 Å². The Kier molecular flexibility index (Phi) is 4.85. The van der Waals surface area contributed by atoms with Crippen LogP contribution in [0.3, 0.4) is 0 Å². The number of nitrogens with zero attached hydrogens (tertiary/aromatic N) is 2. The molecular weight excluding hydrogens is 296 g/mol. The fourth-order valence-corrected chi connectivity index (χ4v) is 2.73. The number of benzene rings is 1. The predicted molar refractivity (Wildman–Crippen MR) is 79.5 cm³/mol. The van der Waals surface area contributed by atoms with E-state index in [0.717, 1.165) is 17.8 Å². The van der Waals surface area contributed by atoms with E-state index in [1.54, 1.807) is 4.90 Å². The SMILES string of the molecule is CCN(C(C)=O)c1nc(CNc2ccc(F)c(F)c2)cs1. The number of nitrogens with one attached hydrogen (secondary N) is 1. The van der Waals surface area contributed by atoms with Gasteiger partial charge in [0.2, 0.25) is 5.91 Å². The molecule has 0 aliphatic heterocycles. The van der Waals surface area contributed by atoms with Crippen LogP contribution in [-0.2, 0) is 11.3 Å². The molecule has 0 aliphatic rings. The number of hydrogen-bond donors (Lipinski definition) is 1. The molecular formula is C14H15F2N3OS. The minimum Gasteiger partial charge on any atom is -0.379 e. The van der Waals surface area contributed by atoms with Gasteiger partial charge in [-0.2, -0.15) is 0 Å². The van der Waals surface area contributed by atoms with E-state index >= 15 is 0 Å². The second kappa shape index (κ2) is 6.62. The largest absolute Gasteiger partial charge is 0.379 e. The van der Waals surface area contributed by atoms with Gasteiger partial charge in [-0.1, -0.05) is 0 Å². The molecule has 21 heavy (non-hydrogen) atoms. The van der Waals surface area contributed by atoms with Gasteiger partial charge in [0, 0.05) is 30.6 Å². The van der Waals surface area contributed by atoms with Crippen LogP contribution in [0.15, 0.2) is 23.6 Å². The fourth-order valence-electron chi connectivity index (χ4n) is 1.79. The molecule has 1 aromatic heterocycles. The molecule has 1 aromatic carbocycles. The number of amides is 1. The molecule has 2 rings (SSSR count). The minimum atomic E-state index is -0.896. The first kappa shape index (κ1) is 15.4. The van der Waals surface area contributed by atoms with Crippen molar-refractivity contribution in [2.75, 3.05) is 16.8 Å². The van der Waals surface area contributed by atoms with E-state index in [4.69, 9.17) is 0 Å². The quantitative estimate of drug-likeness (QED) is 0.920. The zero-order valence-corrected chi connectivity index (χ0v) is 12.5. The third-order valence-corrected chi connectivity index (χ3v) is 3.77. The first-order valence-electron chi connectivity index (χ1n) is 6.42. The lowest BCUT2D eigenvalue weighted by molar-refractivity contribution is -0.116. The molecule has 1 heterocycles. The summed E-state index contributed by atoms with van der Waals surface area (Å²) in [4.78, 5) is 17.4. The standard InChI is InChI=1S/C14H15F2N3OS/c1-3-19(9(2)20)14-18-11(8-21-14)7-17-10-4-5-12(15)13(16)6-10/h4-6,8,17H,3,7H2,1-2H3. The van der Waals surface area contributed by atoms with E-state index in [1.807, 2.05) is 12.3 Å². The summed E-state index contributed by atoms with van der Waals surface area (Å²) in [6, 6.07) is 3.62. The van der Waals surface area contributed by atoms with E-state index < -0.39 is 11.6 Å². The highest BCUT2D eigenvalue weighted by molar-refractivity contribution is 7.14. The second-order valence-electron chi connectivity index (χ2n) is 4.37. The number of hydrogen-bond acceptors (Lipinski definition) is 4. The van der Waals surface area contributed by atoms with Crippen LogP contribution in [0.2, 0.25) is 0 Å². The molecule has 1 amide bonds. The number of halogens is 2. The molecule has 0 spiro atoms. The summed E-state index contributed by atoms with van der Waals surface area (Å²) in [5.74, 6) is -1.84. The number of aromatic nitrogens is 1. The van der Waals surface area contributed by atoms with Gasteiger partial charge < -0.3 is 5.32 Å². The van der Waals surface area contributed by atoms with Crippen LogP contribution >= 0.6 is 11.3 Å². The zero-order valence-electron chi connectivity index (χ0n) is 11.7. The molecule has 0 fully saturated rings. The van der Waals surface area contributed by atoms with Gasteiger partial charge >= 0.3 is 0 Å². The lowest BCUT2D eigenvalue weighted by Crippen LogP contribution is -2.27. The molecule has 0 atom stereocenters. The van der Waals surface area contributed by atoms with Gasteiger partial charge in [0.25, 0.3) is 0 Å². The Morgan fingerprint density at radius 1 is 1.38 bits per heavy atom. The van der Waals surface area contributed by atoms with Gasteiger partial charge in [-0.25, -0.2) is 13.8 Å². The van der Waals surface area contributed by atoms with E-state index in [2.05, 4.69) is 10.3 Å². The van der Waals surface area contributed by atoms with Gasteiger partial charge in [-0.3, -0.25) is 9.69 Å². The van der Waals surface area contributed by atoms with Crippen molar-refractivity contribution in [1.29, 1.82) is 0 Å². The van der Waals surface area contributed by atoms with Crippen molar-refractivity contribution >= 4 is 28.1 Å². The molecule has 0 bridgehead atoms. The summed E-state index contributed by atoms with van der Waals surface area (Å²) in [5, 5.41) is 5.42. The van der Waals surface area contributed by atoms with E-state index in [9.17, 15) is 13.6 Å². The van der Waals surface area contributed by atoms with Crippen molar-refractivity contribution in [3.8, 4) is 0 Å². The number of rotatable bonds is 5. The van der Waals surface area contributed by atoms with Gasteiger partial charge in [0.1, 0.15) is 0 Å². The number of carbonyl (C=O) groups excluding carboxylic acids is 1. The maximum absolute atomic E-state index is 13.1. The van der Waals surface area contributed by atoms with Crippen LogP contribution in [0.4, 0.5) is 19.6 Å². The van der Waals surface area contributed by atoms with E-state index in [0.29, 0.717) is 23.9 Å². The van der Waals surface area contributed by atoms with Crippen LogP contribution < -0.4 is 10.2 Å². The summed E-state index contributed by atoms with van der Waals surface area (Å²) >= 11 is 1.37. The number of anilines is 2. The molecule has 0 unspecified atom stereocenters. The highest BCUT2D eigenvalue weighted by Gasteiger charge is 2.13. The highest BCUT2D eigenvalue weighted by atomic mass is 32.1. The average molecular weight is 311 g/mol. The highest BCUT2D eigenvalue weighted by Crippen LogP contribution is 2.21. The fraction of sp³-hybridized carbons (Fsp3) is 0.286. The smallest absolute Gasteiger partial charge is 0.225 e. The van der Waals surface area contributed by atoms with Crippen molar-refractivity contribution in [2.24, 2.45) is 0 Å².